The smallest absolute Gasteiger partial charge is 0.0829 e. The van der Waals surface area contributed by atoms with E-state index in [-0.39, 0.29) is 0 Å². The predicted molar refractivity (Wildman–Crippen MR) is 601 cm³/mol. The minimum atomic E-state index is 0.634. The topological polar surface area (TPSA) is 276 Å². The normalized spacial score (nSPS) is 11.6. The van der Waals surface area contributed by atoms with Gasteiger partial charge in [0, 0.05) is 89.9 Å². The highest BCUT2D eigenvalue weighted by Gasteiger charge is 2.15. The highest BCUT2D eigenvalue weighted by molar-refractivity contribution is 5.00. The first kappa shape index (κ1) is 133. The fraction of sp³-hybridized carbons (Fsp3) is 0.845. The van der Waals surface area contributed by atoms with E-state index in [9.17, 15) is 0 Å². The molecule has 0 amide bonds. The van der Waals surface area contributed by atoms with Crippen LogP contribution in [-0.4, -0.2) is 135 Å². The maximum Gasteiger partial charge on any atom is 0.0829 e. The van der Waals surface area contributed by atoms with Gasteiger partial charge in [-0.2, -0.15) is 0 Å². The van der Waals surface area contributed by atoms with Crippen LogP contribution in [0, 0.1) is 107 Å². The number of aryl methyl sites for hydroxylation is 15. The van der Waals surface area contributed by atoms with E-state index in [4.69, 9.17) is 0 Å². The van der Waals surface area contributed by atoms with Gasteiger partial charge in [0.15, 0.2) is 0 Å². The molecular formula is C116H223N27. The van der Waals surface area contributed by atoms with Crippen LogP contribution in [0.15, 0.2) is 55.8 Å². The van der Waals surface area contributed by atoms with Crippen molar-refractivity contribution >= 4 is 0 Å². The summed E-state index contributed by atoms with van der Waals surface area (Å²) in [5.74, 6) is 13.5. The lowest BCUT2D eigenvalue weighted by molar-refractivity contribution is 0.452. The first-order valence-corrected chi connectivity index (χ1v) is 57.7. The second kappa shape index (κ2) is 81.3. The van der Waals surface area contributed by atoms with Crippen LogP contribution in [0.5, 0.6) is 0 Å². The average Bonchev–Trinajstić information content (AvgIpc) is 1.78. The highest BCUT2D eigenvalue weighted by atomic mass is 15.5. The first-order chi connectivity index (χ1) is 67.7. The summed E-state index contributed by atoms with van der Waals surface area (Å²) in [6.07, 6.45) is 60.3. The van der Waals surface area contributed by atoms with Gasteiger partial charge in [0.2, 0.25) is 0 Å². The fourth-order valence-electron chi connectivity index (χ4n) is 15.2. The molecule has 9 aromatic heterocycles. The lowest BCUT2D eigenvalue weighted by atomic mass is 10.0. The Kier molecular flexibility index (Phi) is 75.8. The van der Waals surface area contributed by atoms with Crippen molar-refractivity contribution in [3.63, 3.8) is 0 Å². The van der Waals surface area contributed by atoms with Gasteiger partial charge in [-0.3, -0.25) is 23.4 Å². The number of hydrogen-bond donors (Lipinski definition) is 0. The van der Waals surface area contributed by atoms with E-state index in [1.165, 1.54) is 190 Å². The molecule has 27 heteroatoms. The third kappa shape index (κ3) is 76.5. The molecule has 0 aliphatic rings. The molecule has 27 nitrogen and oxygen atoms in total. The SMILES string of the molecule is CC(C)CCCCc1cnnn1CC(C)C.CC(C)CCCCc1cnnn1CCC(C)C.CC(C)CCCCn1cc(CC(C)C)nn1.CC(C)CCCCn1nncc1CCC(C)C.CC(C)CCCc1cn(CC(C)C)nn1.CC(C)CCCn1cc(CCC(C)C)nn1.CC(C)CCCn1nncc1CCC(C)C.CC(C)CCc1cn(CCC(C)C)nn1.CC(C)CCc1cn(CCC(C)C)nn1. The summed E-state index contributed by atoms with van der Waals surface area (Å²) in [5, 5.41) is 74.3. The van der Waals surface area contributed by atoms with Gasteiger partial charge in [-0.15, -0.1) is 45.9 Å². The molecule has 822 valence electrons. The van der Waals surface area contributed by atoms with E-state index in [0.29, 0.717) is 17.8 Å². The maximum absolute atomic E-state index is 4.20. The Morgan fingerprint density at radius 2 is 0.413 bits per heavy atom. The van der Waals surface area contributed by atoms with Gasteiger partial charge in [0.1, 0.15) is 0 Å². The monoisotopic (exact) mass is 1990 g/mol. The average molecular weight is 2000 g/mol. The number of hydrogen-bond acceptors (Lipinski definition) is 18. The van der Waals surface area contributed by atoms with Crippen LogP contribution in [-0.2, 0) is 117 Å². The van der Waals surface area contributed by atoms with Gasteiger partial charge in [-0.1, -0.05) is 354 Å². The molecule has 9 heterocycles. The van der Waals surface area contributed by atoms with Crippen molar-refractivity contribution in [1.29, 1.82) is 0 Å². The van der Waals surface area contributed by atoms with Crippen LogP contribution in [0.3, 0.4) is 0 Å². The molecule has 0 N–H and O–H groups in total. The molecule has 9 aromatic rings. The van der Waals surface area contributed by atoms with Crippen LogP contribution in [0.1, 0.15) is 467 Å². The summed E-state index contributed by atoms with van der Waals surface area (Å²) in [6.45, 7) is 90.0. The zero-order valence-electron chi connectivity index (χ0n) is 99.3. The largest absolute Gasteiger partial charge is 0.252 e. The van der Waals surface area contributed by atoms with Crippen molar-refractivity contribution < 1.29 is 0 Å². The third-order valence-corrected chi connectivity index (χ3v) is 24.4. The molecule has 0 bridgehead atoms. The summed E-state index contributed by atoms with van der Waals surface area (Å²) in [7, 11) is 0. The van der Waals surface area contributed by atoms with E-state index >= 15 is 0 Å². The molecule has 0 aromatic carbocycles. The minimum absolute atomic E-state index is 0.634. The quantitative estimate of drug-likeness (QED) is 0.0320. The Balaban J connectivity index is 0.000000805. The molecule has 143 heavy (non-hydrogen) atoms. The summed E-state index contributed by atoms with van der Waals surface area (Å²) >= 11 is 0. The van der Waals surface area contributed by atoms with Gasteiger partial charge in [-0.25, -0.2) is 18.7 Å². The molecule has 0 unspecified atom stereocenters. The molecule has 0 fully saturated rings. The van der Waals surface area contributed by atoms with Crippen molar-refractivity contribution in [3.8, 4) is 0 Å². The summed E-state index contributed by atoms with van der Waals surface area (Å²) in [4.78, 5) is 0. The van der Waals surface area contributed by atoms with Crippen molar-refractivity contribution in [3.05, 3.63) is 107 Å². The van der Waals surface area contributed by atoms with Crippen LogP contribution in [0.25, 0.3) is 0 Å². The molecule has 0 aliphatic carbocycles. The van der Waals surface area contributed by atoms with E-state index in [1.54, 1.807) is 0 Å². The van der Waals surface area contributed by atoms with E-state index in [2.05, 4.69) is 392 Å². The Bertz CT molecular complexity index is 4130. The Hall–Kier alpha value is -7.74. The van der Waals surface area contributed by atoms with Gasteiger partial charge in [0.25, 0.3) is 0 Å². The molecular weight excluding hydrogens is 1770 g/mol. The fourth-order valence-corrected chi connectivity index (χ4v) is 15.2. The third-order valence-electron chi connectivity index (χ3n) is 24.4. The van der Waals surface area contributed by atoms with E-state index in [0.717, 1.165) is 234 Å². The number of nitrogens with zero attached hydrogens (tertiary/aromatic N) is 27. The molecule has 0 atom stereocenters. The van der Waals surface area contributed by atoms with E-state index < -0.39 is 0 Å². The molecule has 0 saturated carbocycles. The predicted octanol–water partition coefficient (Wildman–Crippen LogP) is 29.3. The van der Waals surface area contributed by atoms with Gasteiger partial charge in [0.05, 0.1) is 76.0 Å². The second-order valence-electron chi connectivity index (χ2n) is 48.6. The molecule has 0 spiro atoms. The Morgan fingerprint density at radius 1 is 0.168 bits per heavy atom. The van der Waals surface area contributed by atoms with Gasteiger partial charge < -0.3 is 0 Å². The molecule has 0 aliphatic heterocycles. The Labute approximate surface area is 876 Å². The highest BCUT2D eigenvalue weighted by Crippen LogP contribution is 2.20. The van der Waals surface area contributed by atoms with Crippen LogP contribution in [0.2, 0.25) is 0 Å². The molecule has 9 rings (SSSR count). The van der Waals surface area contributed by atoms with Crippen molar-refractivity contribution in [2.45, 2.75) is 533 Å². The van der Waals surface area contributed by atoms with E-state index in [1.807, 2.05) is 48.2 Å². The number of unbranched alkanes of at least 4 members (excludes halogenated alkanes) is 4. The molecule has 0 radical (unpaired) electrons. The van der Waals surface area contributed by atoms with Gasteiger partial charge in [-0.05, 0) is 273 Å². The number of aromatic nitrogens is 27. The zero-order valence-corrected chi connectivity index (χ0v) is 99.3. The standard InChI is InChI=1S/2C14H27N3.4C13H25N3.3C12H23N3/c1-12(2)7-5-6-10-17-14(11-15-16-17)9-8-13(3)4;1-12(2)7-5-6-8-14-11-15-16-17(14)10-9-13(3)4;1-11(2)6-5-9-16-10-13(14-15-16)8-7-12(3)4;1-11(2)6-5-9-16-13(10-14-15-16)8-7-12(3)4;1-11(2)7-5-6-8-13-9-14-15-16(13)10-12(3)4;1-11(2)7-5-6-8-16-10-13(14-15-16)9-12(3)4;2*1-10(2)5-6-12-9-15(14-13-12)8-7-11(3)4;1-10(2)6-5-7-12-9-15(14-13-12)8-11(3)4/h2*11-13H,5-10H2,1-4H3;2*10-12H,5-9H2,1-4H3;9,11-12H,5-8,10H2,1-4H3;10-12H,5-9H2,1-4H3;3*9-11H,5-8H2,1-4H3. The minimum Gasteiger partial charge on any atom is -0.252 e. The number of rotatable bonds is 62. The van der Waals surface area contributed by atoms with Crippen molar-refractivity contribution in [1.82, 2.24) is 135 Å². The summed E-state index contributed by atoms with van der Waals surface area (Å²) in [6, 6.07) is 0. The Morgan fingerprint density at radius 3 is 0.769 bits per heavy atom. The van der Waals surface area contributed by atoms with Gasteiger partial charge >= 0.3 is 0 Å². The zero-order chi connectivity index (χ0) is 107. The molecule has 0 saturated heterocycles. The lowest BCUT2D eigenvalue weighted by Gasteiger charge is -2.08. The van der Waals surface area contributed by atoms with Crippen LogP contribution < -0.4 is 0 Å². The van der Waals surface area contributed by atoms with Crippen molar-refractivity contribution in [2.24, 2.45) is 107 Å². The van der Waals surface area contributed by atoms with Crippen molar-refractivity contribution in [2.75, 3.05) is 0 Å². The second-order valence-corrected chi connectivity index (χ2v) is 48.6. The summed E-state index contributed by atoms with van der Waals surface area (Å²) < 4.78 is 18.2. The maximum atomic E-state index is 4.20. The first-order valence-electron chi connectivity index (χ1n) is 57.7. The van der Waals surface area contributed by atoms with Crippen LogP contribution in [0.4, 0.5) is 0 Å². The summed E-state index contributed by atoms with van der Waals surface area (Å²) in [5.41, 5.74) is 10.8. The van der Waals surface area contributed by atoms with Crippen LogP contribution >= 0.6 is 0 Å². The lowest BCUT2D eigenvalue weighted by Crippen LogP contribution is -2.10.